The van der Waals surface area contributed by atoms with Gasteiger partial charge in [0.1, 0.15) is 6.07 Å². The number of carbonyl (C=O) groups excluding carboxylic acids is 1. The maximum atomic E-state index is 12.8. The quantitative estimate of drug-likeness (QED) is 0.260. The van der Waals surface area contributed by atoms with Crippen LogP contribution in [0.1, 0.15) is 27.9 Å². The summed E-state index contributed by atoms with van der Waals surface area (Å²) >= 11 is 0. The summed E-state index contributed by atoms with van der Waals surface area (Å²) in [5, 5.41) is 33.9. The van der Waals surface area contributed by atoms with E-state index in [-0.39, 0.29) is 24.2 Å². The summed E-state index contributed by atoms with van der Waals surface area (Å²) in [5.41, 5.74) is 1.66. The predicted octanol–water partition coefficient (Wildman–Crippen LogP) is 3.63. The van der Waals surface area contributed by atoms with Gasteiger partial charge in [-0.25, -0.2) is 4.79 Å². The number of urea groups is 1. The summed E-state index contributed by atoms with van der Waals surface area (Å²) in [6.07, 6.45) is -1.61. The first-order valence-corrected chi connectivity index (χ1v) is 11.3. The molecule has 1 heterocycles. The molecule has 4 N–H and O–H groups in total. The summed E-state index contributed by atoms with van der Waals surface area (Å²) in [7, 11) is -1.73. The van der Waals surface area contributed by atoms with Gasteiger partial charge in [0.25, 0.3) is 0 Å². The number of amides is 2. The Bertz CT molecular complexity index is 1260. The molecule has 0 aliphatic heterocycles. The standard InChI is InChI=1S/C26H24BF3N4O3/c28-26(29,30)22-9-10-23(33-17-22)21(16-31)14-20-8-4-7-19(13-20)11-12-32-25(35)34-24(27(36)37)15-18-5-2-1-3-6-18/h1-10,13-14,17,24,36-37H,11-12,15H2,(H2,32,34,35)/t24-/m0/s1. The van der Waals surface area contributed by atoms with Crippen molar-refractivity contribution in [2.45, 2.75) is 25.0 Å². The molecule has 0 aliphatic carbocycles. The maximum Gasteiger partial charge on any atom is 0.475 e. The average Bonchev–Trinajstić information content (AvgIpc) is 2.87. The SMILES string of the molecule is N#CC(=Cc1cccc(CCNC(=O)N[C@@H](Cc2ccccc2)B(O)O)c1)c1ccc(C(F)(F)F)cn1. The average molecular weight is 508 g/mol. The first-order valence-electron chi connectivity index (χ1n) is 11.3. The molecule has 2 amide bonds. The molecule has 190 valence electrons. The lowest BCUT2D eigenvalue weighted by molar-refractivity contribution is -0.137. The molecule has 0 saturated carbocycles. The fraction of sp³-hybridized carbons (Fsp3) is 0.192. The van der Waals surface area contributed by atoms with Crippen molar-refractivity contribution in [2.24, 2.45) is 0 Å². The van der Waals surface area contributed by atoms with Crippen molar-refractivity contribution >= 4 is 24.8 Å². The van der Waals surface area contributed by atoms with E-state index in [0.717, 1.165) is 23.3 Å². The molecular weight excluding hydrogens is 484 g/mol. The van der Waals surface area contributed by atoms with E-state index in [0.29, 0.717) is 18.2 Å². The number of alkyl halides is 3. The third kappa shape index (κ3) is 8.49. The van der Waals surface area contributed by atoms with Crippen molar-refractivity contribution in [3.8, 4) is 6.07 Å². The number of rotatable bonds is 9. The van der Waals surface area contributed by atoms with Gasteiger partial charge in [0.15, 0.2) is 0 Å². The fourth-order valence-corrected chi connectivity index (χ4v) is 3.53. The Hall–Kier alpha value is -4.14. The molecule has 7 nitrogen and oxygen atoms in total. The highest BCUT2D eigenvalue weighted by atomic mass is 19.4. The Morgan fingerprint density at radius 2 is 1.81 bits per heavy atom. The van der Waals surface area contributed by atoms with Gasteiger partial charge in [-0.3, -0.25) is 4.98 Å². The second kappa shape index (κ2) is 12.7. The van der Waals surface area contributed by atoms with Gasteiger partial charge >= 0.3 is 19.3 Å². The number of carbonyl (C=O) groups is 1. The zero-order valence-corrected chi connectivity index (χ0v) is 19.6. The van der Waals surface area contributed by atoms with Gasteiger partial charge in [-0.05, 0) is 47.7 Å². The number of halogens is 3. The molecule has 3 rings (SSSR count). The molecule has 0 saturated heterocycles. The lowest BCUT2D eigenvalue weighted by Crippen LogP contribution is -2.51. The Balaban J connectivity index is 1.58. The van der Waals surface area contributed by atoms with E-state index >= 15 is 0 Å². The molecule has 11 heteroatoms. The van der Waals surface area contributed by atoms with Crippen LogP contribution >= 0.6 is 0 Å². The number of nitrogens with zero attached hydrogens (tertiary/aromatic N) is 2. The van der Waals surface area contributed by atoms with Crippen LogP contribution in [0.2, 0.25) is 0 Å². The number of nitriles is 1. The summed E-state index contributed by atoms with van der Waals surface area (Å²) in [4.78, 5) is 16.0. The van der Waals surface area contributed by atoms with Crippen molar-refractivity contribution in [1.29, 1.82) is 5.26 Å². The second-order valence-electron chi connectivity index (χ2n) is 8.20. The smallest absolute Gasteiger partial charge is 0.426 e. The van der Waals surface area contributed by atoms with Gasteiger partial charge < -0.3 is 20.7 Å². The van der Waals surface area contributed by atoms with E-state index in [9.17, 15) is 33.3 Å². The highest BCUT2D eigenvalue weighted by molar-refractivity contribution is 6.43. The molecular formula is C26H24BF3N4O3. The lowest BCUT2D eigenvalue weighted by Gasteiger charge is -2.18. The highest BCUT2D eigenvalue weighted by Gasteiger charge is 2.30. The summed E-state index contributed by atoms with van der Waals surface area (Å²) < 4.78 is 38.3. The van der Waals surface area contributed by atoms with Gasteiger partial charge in [-0.15, -0.1) is 0 Å². The maximum absolute atomic E-state index is 12.8. The van der Waals surface area contributed by atoms with Crippen LogP contribution in [0, 0.1) is 11.3 Å². The molecule has 0 unspecified atom stereocenters. The molecule has 0 aliphatic rings. The summed E-state index contributed by atoms with van der Waals surface area (Å²) in [5.74, 6) is -0.890. The van der Waals surface area contributed by atoms with Gasteiger partial charge in [0.05, 0.1) is 22.8 Å². The normalized spacial score (nSPS) is 12.4. The van der Waals surface area contributed by atoms with E-state index in [4.69, 9.17) is 0 Å². The number of hydrogen-bond donors (Lipinski definition) is 4. The van der Waals surface area contributed by atoms with Gasteiger partial charge in [-0.2, -0.15) is 18.4 Å². The summed E-state index contributed by atoms with van der Waals surface area (Å²) in [6, 6.07) is 19.7. The van der Waals surface area contributed by atoms with Crippen molar-refractivity contribution in [3.63, 3.8) is 0 Å². The van der Waals surface area contributed by atoms with E-state index in [1.54, 1.807) is 18.2 Å². The Kier molecular flexibility index (Phi) is 9.43. The molecule has 1 aromatic heterocycles. The van der Waals surface area contributed by atoms with E-state index in [2.05, 4.69) is 15.6 Å². The molecule has 3 aromatic rings. The Labute approximate surface area is 212 Å². The third-order valence-corrected chi connectivity index (χ3v) is 5.42. The minimum Gasteiger partial charge on any atom is -0.426 e. The van der Waals surface area contributed by atoms with Crippen LogP contribution < -0.4 is 10.6 Å². The van der Waals surface area contributed by atoms with E-state index in [1.165, 1.54) is 6.08 Å². The Morgan fingerprint density at radius 1 is 1.08 bits per heavy atom. The zero-order valence-electron chi connectivity index (χ0n) is 19.6. The van der Waals surface area contributed by atoms with Crippen molar-refractivity contribution in [1.82, 2.24) is 15.6 Å². The van der Waals surface area contributed by atoms with E-state index in [1.807, 2.05) is 42.5 Å². The number of pyridine rings is 1. The molecule has 1 atom stereocenters. The van der Waals surface area contributed by atoms with Gasteiger partial charge in [-0.1, -0.05) is 54.6 Å². The number of allylic oxidation sites excluding steroid dienone is 1. The third-order valence-electron chi connectivity index (χ3n) is 5.42. The monoisotopic (exact) mass is 508 g/mol. The topological polar surface area (TPSA) is 118 Å². The first kappa shape index (κ1) is 27.5. The van der Waals surface area contributed by atoms with Crippen LogP contribution in [-0.4, -0.2) is 40.7 Å². The van der Waals surface area contributed by atoms with Gasteiger partial charge in [0, 0.05) is 12.7 Å². The van der Waals surface area contributed by atoms with Crippen LogP contribution in [0.5, 0.6) is 0 Å². The minimum absolute atomic E-state index is 0.107. The van der Waals surface area contributed by atoms with Crippen LogP contribution in [0.25, 0.3) is 11.6 Å². The minimum atomic E-state index is -4.51. The highest BCUT2D eigenvalue weighted by Crippen LogP contribution is 2.29. The number of benzene rings is 2. The summed E-state index contributed by atoms with van der Waals surface area (Å²) in [6.45, 7) is 0.254. The number of nitrogens with one attached hydrogen (secondary N) is 2. The number of aromatic nitrogens is 1. The first-order chi connectivity index (χ1) is 17.7. The molecule has 0 fully saturated rings. The molecule has 37 heavy (non-hydrogen) atoms. The largest absolute Gasteiger partial charge is 0.475 e. The Morgan fingerprint density at radius 3 is 2.43 bits per heavy atom. The predicted molar refractivity (Wildman–Crippen MR) is 134 cm³/mol. The molecule has 0 spiro atoms. The molecule has 0 bridgehead atoms. The zero-order chi connectivity index (χ0) is 26.8. The van der Waals surface area contributed by atoms with Crippen LogP contribution in [-0.2, 0) is 19.0 Å². The van der Waals surface area contributed by atoms with Crippen LogP contribution in [0.3, 0.4) is 0 Å². The van der Waals surface area contributed by atoms with Crippen molar-refractivity contribution < 1.29 is 28.0 Å². The molecule has 2 aromatic carbocycles. The van der Waals surface area contributed by atoms with Crippen molar-refractivity contribution in [2.75, 3.05) is 6.54 Å². The van der Waals surface area contributed by atoms with Crippen LogP contribution in [0.15, 0.2) is 72.9 Å². The van der Waals surface area contributed by atoms with Gasteiger partial charge in [0.2, 0.25) is 0 Å². The van der Waals surface area contributed by atoms with Crippen LogP contribution in [0.4, 0.5) is 18.0 Å². The van der Waals surface area contributed by atoms with E-state index < -0.39 is 30.8 Å². The second-order valence-corrected chi connectivity index (χ2v) is 8.20. The molecule has 0 radical (unpaired) electrons. The van der Waals surface area contributed by atoms with Crippen molar-refractivity contribution in [3.05, 3.63) is 101 Å². The lowest BCUT2D eigenvalue weighted by atomic mass is 9.76. The fourth-order valence-electron chi connectivity index (χ4n) is 3.53. The number of hydrogen-bond acceptors (Lipinski definition) is 5.